The Morgan fingerprint density at radius 1 is 0.679 bits per heavy atom. The van der Waals surface area contributed by atoms with E-state index >= 15 is 0 Å². The Morgan fingerprint density at radius 3 is 1.32 bits per heavy atom. The fourth-order valence-corrected chi connectivity index (χ4v) is 2.87. The Labute approximate surface area is 172 Å². The van der Waals surface area contributed by atoms with Crippen LogP contribution in [0.3, 0.4) is 0 Å². The number of ether oxygens (including phenoxy) is 2. The third-order valence-corrected chi connectivity index (χ3v) is 4.68. The number of carbonyl (C=O) groups is 2. The van der Waals surface area contributed by atoms with Crippen molar-refractivity contribution < 1.29 is 19.1 Å². The maximum atomic E-state index is 12.3. The maximum absolute atomic E-state index is 12.3. The quantitative estimate of drug-likeness (QED) is 0.286. The molecule has 0 rings (SSSR count). The van der Waals surface area contributed by atoms with Crippen LogP contribution in [0.1, 0.15) is 80.1 Å². The molecule has 2 atom stereocenters. The van der Waals surface area contributed by atoms with E-state index in [9.17, 15) is 9.59 Å². The molecule has 0 amide bonds. The number of esters is 2. The minimum atomic E-state index is -0.332. The summed E-state index contributed by atoms with van der Waals surface area (Å²) in [5.41, 5.74) is 0. The van der Waals surface area contributed by atoms with Crippen molar-refractivity contribution in [2.24, 2.45) is 11.8 Å². The molecule has 0 radical (unpaired) electrons. The van der Waals surface area contributed by atoms with Gasteiger partial charge in [0.2, 0.25) is 0 Å². The summed E-state index contributed by atoms with van der Waals surface area (Å²) in [5, 5.41) is 6.53. The smallest absolute Gasteiger partial charge is 0.323 e. The molecular formula is C22H44N2O4. The summed E-state index contributed by atoms with van der Waals surface area (Å²) in [6.07, 6.45) is 6.17. The molecule has 0 unspecified atom stereocenters. The predicted octanol–water partition coefficient (Wildman–Crippen LogP) is 3.68. The summed E-state index contributed by atoms with van der Waals surface area (Å²) in [6, 6.07) is -0.663. The van der Waals surface area contributed by atoms with Gasteiger partial charge in [-0.2, -0.15) is 0 Å². The first kappa shape index (κ1) is 26.9. The lowest BCUT2D eigenvalue weighted by Gasteiger charge is -2.23. The van der Waals surface area contributed by atoms with Gasteiger partial charge >= 0.3 is 11.9 Å². The van der Waals surface area contributed by atoms with Crippen molar-refractivity contribution in [3.8, 4) is 0 Å². The van der Waals surface area contributed by atoms with Crippen molar-refractivity contribution in [1.82, 2.24) is 10.6 Å². The van der Waals surface area contributed by atoms with Gasteiger partial charge in [0.05, 0.1) is 13.2 Å². The van der Waals surface area contributed by atoms with Crippen LogP contribution in [0, 0.1) is 11.8 Å². The Bertz CT molecular complexity index is 375. The molecule has 0 aliphatic carbocycles. The Hall–Kier alpha value is -1.14. The molecule has 0 saturated carbocycles. The van der Waals surface area contributed by atoms with E-state index in [1.54, 1.807) is 0 Å². The van der Waals surface area contributed by atoms with Crippen LogP contribution in [0.4, 0.5) is 0 Å². The lowest BCUT2D eigenvalue weighted by molar-refractivity contribution is -0.148. The molecule has 0 spiro atoms. The highest BCUT2D eigenvalue weighted by Crippen LogP contribution is 2.07. The van der Waals surface area contributed by atoms with Crippen molar-refractivity contribution in [2.45, 2.75) is 92.2 Å². The zero-order valence-electron chi connectivity index (χ0n) is 19.0. The monoisotopic (exact) mass is 400 g/mol. The van der Waals surface area contributed by atoms with Crippen molar-refractivity contribution in [3.63, 3.8) is 0 Å². The van der Waals surface area contributed by atoms with E-state index in [-0.39, 0.29) is 35.9 Å². The van der Waals surface area contributed by atoms with Crippen molar-refractivity contribution in [1.29, 1.82) is 0 Å². The first-order chi connectivity index (χ1) is 13.3. The number of unbranched alkanes of at least 4 members (excludes halogenated alkanes) is 4. The van der Waals surface area contributed by atoms with Crippen LogP contribution in [0.25, 0.3) is 0 Å². The number of nitrogens with one attached hydrogen (secondary N) is 2. The summed E-state index contributed by atoms with van der Waals surface area (Å²) in [6.45, 7) is 14.4. The second-order valence-corrected chi connectivity index (χ2v) is 8.10. The molecule has 0 aromatic heterocycles. The molecule has 0 aliphatic heterocycles. The van der Waals surface area contributed by atoms with E-state index in [1.807, 2.05) is 27.7 Å². The predicted molar refractivity (Wildman–Crippen MR) is 114 cm³/mol. The fraction of sp³-hybridized carbons (Fsp3) is 0.909. The third kappa shape index (κ3) is 12.3. The molecule has 0 fully saturated rings. The Kier molecular flexibility index (Phi) is 16.1. The molecule has 6 heteroatoms. The van der Waals surface area contributed by atoms with Gasteiger partial charge in [-0.1, -0.05) is 67.2 Å². The number of carbonyl (C=O) groups excluding carboxylic acids is 2. The Morgan fingerprint density at radius 2 is 1.04 bits per heavy atom. The van der Waals surface area contributed by atoms with E-state index in [1.165, 1.54) is 0 Å². The molecule has 0 aromatic carbocycles. The van der Waals surface area contributed by atoms with Gasteiger partial charge in [0, 0.05) is 13.1 Å². The van der Waals surface area contributed by atoms with Crippen molar-refractivity contribution in [2.75, 3.05) is 26.3 Å². The molecule has 28 heavy (non-hydrogen) atoms. The number of hydrogen-bond donors (Lipinski definition) is 2. The highest BCUT2D eigenvalue weighted by molar-refractivity contribution is 5.76. The average molecular weight is 401 g/mol. The van der Waals surface area contributed by atoms with Gasteiger partial charge in [-0.05, 0) is 24.7 Å². The van der Waals surface area contributed by atoms with E-state index in [4.69, 9.17) is 9.47 Å². The summed E-state index contributed by atoms with van der Waals surface area (Å²) in [7, 11) is 0. The number of hydrogen-bond acceptors (Lipinski definition) is 6. The minimum Gasteiger partial charge on any atom is -0.465 e. The largest absolute Gasteiger partial charge is 0.465 e. The van der Waals surface area contributed by atoms with E-state index in [0.29, 0.717) is 26.3 Å². The summed E-state index contributed by atoms with van der Waals surface area (Å²) in [4.78, 5) is 24.6. The Balaban J connectivity index is 4.31. The molecule has 0 aromatic rings. The zero-order chi connectivity index (χ0) is 21.4. The van der Waals surface area contributed by atoms with Crippen LogP contribution < -0.4 is 10.6 Å². The van der Waals surface area contributed by atoms with Crippen LogP contribution in [0.5, 0.6) is 0 Å². The molecule has 0 bridgehead atoms. The van der Waals surface area contributed by atoms with Crippen LogP contribution in [-0.4, -0.2) is 50.3 Å². The fourth-order valence-electron chi connectivity index (χ4n) is 2.87. The normalized spacial score (nSPS) is 13.6. The van der Waals surface area contributed by atoms with E-state index in [2.05, 4.69) is 24.5 Å². The van der Waals surface area contributed by atoms with E-state index < -0.39 is 0 Å². The summed E-state index contributed by atoms with van der Waals surface area (Å²) in [5.74, 6) is -0.102. The van der Waals surface area contributed by atoms with Crippen LogP contribution in [0.2, 0.25) is 0 Å². The van der Waals surface area contributed by atoms with Gasteiger partial charge in [-0.3, -0.25) is 9.59 Å². The second kappa shape index (κ2) is 16.8. The zero-order valence-corrected chi connectivity index (χ0v) is 19.0. The lowest BCUT2D eigenvalue weighted by Crippen LogP contribution is -2.48. The molecule has 0 heterocycles. The van der Waals surface area contributed by atoms with Gasteiger partial charge < -0.3 is 20.1 Å². The first-order valence-electron chi connectivity index (χ1n) is 11.1. The SMILES string of the molecule is CCCCCOC(=O)[C@@H](NCCN[C@H](C(=O)OCCCCC)C(C)C)C(C)C. The number of rotatable bonds is 17. The molecule has 0 saturated heterocycles. The molecule has 166 valence electrons. The van der Waals surface area contributed by atoms with E-state index in [0.717, 1.165) is 38.5 Å². The standard InChI is InChI=1S/C22H44N2O4/c1-7-9-11-15-27-21(25)19(17(3)4)23-13-14-24-20(18(5)6)22(26)28-16-12-10-8-2/h17-20,23-24H,7-16H2,1-6H3/t19-,20-/m0/s1. The van der Waals surface area contributed by atoms with Gasteiger partial charge in [-0.25, -0.2) is 0 Å². The highest BCUT2D eigenvalue weighted by atomic mass is 16.5. The van der Waals surface area contributed by atoms with Gasteiger partial charge in [0.1, 0.15) is 12.1 Å². The summed E-state index contributed by atoms with van der Waals surface area (Å²) >= 11 is 0. The molecule has 2 N–H and O–H groups in total. The van der Waals surface area contributed by atoms with Gasteiger partial charge in [0.25, 0.3) is 0 Å². The van der Waals surface area contributed by atoms with Crippen molar-refractivity contribution in [3.05, 3.63) is 0 Å². The van der Waals surface area contributed by atoms with Crippen LogP contribution in [0.15, 0.2) is 0 Å². The maximum Gasteiger partial charge on any atom is 0.323 e. The lowest BCUT2D eigenvalue weighted by atomic mass is 10.0. The minimum absolute atomic E-state index is 0.142. The second-order valence-electron chi connectivity index (χ2n) is 8.10. The summed E-state index contributed by atoms with van der Waals surface area (Å²) < 4.78 is 10.8. The molecular weight excluding hydrogens is 356 g/mol. The van der Waals surface area contributed by atoms with Gasteiger partial charge in [0.15, 0.2) is 0 Å². The third-order valence-electron chi connectivity index (χ3n) is 4.68. The topological polar surface area (TPSA) is 76.7 Å². The van der Waals surface area contributed by atoms with Crippen LogP contribution >= 0.6 is 0 Å². The highest BCUT2D eigenvalue weighted by Gasteiger charge is 2.25. The van der Waals surface area contributed by atoms with Crippen LogP contribution in [-0.2, 0) is 19.1 Å². The molecule has 6 nitrogen and oxygen atoms in total. The molecule has 0 aliphatic rings. The average Bonchev–Trinajstić information content (AvgIpc) is 2.64. The first-order valence-corrected chi connectivity index (χ1v) is 11.1. The van der Waals surface area contributed by atoms with Gasteiger partial charge in [-0.15, -0.1) is 0 Å². The van der Waals surface area contributed by atoms with Crippen molar-refractivity contribution >= 4 is 11.9 Å².